The van der Waals surface area contributed by atoms with Gasteiger partial charge in [0, 0.05) is 22.5 Å². The Labute approximate surface area is 194 Å². The molecule has 5 nitrogen and oxygen atoms in total. The van der Waals surface area contributed by atoms with Gasteiger partial charge in [0.25, 0.3) is 5.91 Å². The third-order valence-corrected chi connectivity index (χ3v) is 5.33. The summed E-state index contributed by atoms with van der Waals surface area (Å²) in [4.78, 5) is 16.1. The molecule has 0 aliphatic rings. The minimum Gasteiger partial charge on any atom is -0.349 e. The molecule has 1 N–H and O–H groups in total. The van der Waals surface area contributed by atoms with Gasteiger partial charge in [0.15, 0.2) is 11.3 Å². The van der Waals surface area contributed by atoms with Gasteiger partial charge in [-0.2, -0.15) is 13.2 Å². The van der Waals surface area contributed by atoms with Crippen molar-refractivity contribution in [1.29, 1.82) is 0 Å². The number of carbonyl (C=O) groups excluding carboxylic acids is 1. The van der Waals surface area contributed by atoms with Gasteiger partial charge in [0.1, 0.15) is 6.67 Å². The van der Waals surface area contributed by atoms with Gasteiger partial charge in [0.2, 0.25) is 0 Å². The molecule has 0 atom stereocenters. The van der Waals surface area contributed by atoms with E-state index in [1.807, 2.05) is 0 Å². The van der Waals surface area contributed by atoms with E-state index in [-0.39, 0.29) is 11.0 Å². The van der Waals surface area contributed by atoms with Crippen LogP contribution in [0.2, 0.25) is 10.0 Å². The van der Waals surface area contributed by atoms with Crippen molar-refractivity contribution in [2.75, 3.05) is 13.2 Å². The van der Waals surface area contributed by atoms with Gasteiger partial charge in [-0.25, -0.2) is 14.1 Å². The van der Waals surface area contributed by atoms with Crippen molar-refractivity contribution in [1.82, 2.24) is 20.1 Å². The van der Waals surface area contributed by atoms with E-state index in [1.165, 1.54) is 4.68 Å². The maximum Gasteiger partial charge on any atom is 0.434 e. The smallest absolute Gasteiger partial charge is 0.349 e. The molecular formula is C22H14Cl2F4N4O. The van der Waals surface area contributed by atoms with E-state index in [0.717, 1.165) is 6.07 Å². The Bertz CT molecular complexity index is 1340. The van der Waals surface area contributed by atoms with Gasteiger partial charge in [-0.3, -0.25) is 4.79 Å². The average molecular weight is 497 g/mol. The van der Waals surface area contributed by atoms with Gasteiger partial charge in [-0.1, -0.05) is 47.5 Å². The van der Waals surface area contributed by atoms with Crippen LogP contribution in [-0.2, 0) is 6.18 Å². The zero-order valence-corrected chi connectivity index (χ0v) is 18.1. The van der Waals surface area contributed by atoms with Crippen molar-refractivity contribution in [2.45, 2.75) is 6.18 Å². The molecule has 0 aliphatic carbocycles. The maximum atomic E-state index is 13.7. The topological polar surface area (TPSA) is 59.8 Å². The van der Waals surface area contributed by atoms with E-state index in [0.29, 0.717) is 27.0 Å². The van der Waals surface area contributed by atoms with Crippen molar-refractivity contribution in [3.8, 4) is 16.9 Å². The normalized spacial score (nSPS) is 11.7. The lowest BCUT2D eigenvalue weighted by Gasteiger charge is -2.12. The second kappa shape index (κ2) is 8.99. The summed E-state index contributed by atoms with van der Waals surface area (Å²) in [6, 6.07) is 14.3. The summed E-state index contributed by atoms with van der Waals surface area (Å²) >= 11 is 12.3. The quantitative estimate of drug-likeness (QED) is 0.339. The number of para-hydroxylation sites is 1. The largest absolute Gasteiger partial charge is 0.434 e. The summed E-state index contributed by atoms with van der Waals surface area (Å²) in [6.45, 7) is -1.36. The molecule has 0 saturated heterocycles. The number of halogens is 6. The molecule has 0 saturated carbocycles. The third-order valence-electron chi connectivity index (χ3n) is 4.76. The standard InChI is InChI=1S/C22H14Cl2F4N4O/c23-13-7-5-12(6-8-13)18-14-11-15(21(33)29-10-9-25)19(22(26,27)28)30-20(14)31-32(18)17-4-2-1-3-16(17)24/h1-8,11H,9-10H2,(H,29,33). The van der Waals surface area contributed by atoms with Crippen LogP contribution in [0.5, 0.6) is 0 Å². The van der Waals surface area contributed by atoms with Crippen LogP contribution in [0.4, 0.5) is 17.6 Å². The third kappa shape index (κ3) is 4.51. The van der Waals surface area contributed by atoms with Crippen LogP contribution in [0, 0.1) is 0 Å². The van der Waals surface area contributed by atoms with Crippen molar-refractivity contribution in [2.24, 2.45) is 0 Å². The first-order valence-corrected chi connectivity index (χ1v) is 10.3. The molecule has 2 heterocycles. The summed E-state index contributed by atoms with van der Waals surface area (Å²) in [6.07, 6.45) is -4.94. The predicted molar refractivity (Wildman–Crippen MR) is 118 cm³/mol. The van der Waals surface area contributed by atoms with Crippen LogP contribution in [0.15, 0.2) is 54.6 Å². The number of hydrogen-bond acceptors (Lipinski definition) is 3. The zero-order valence-electron chi connectivity index (χ0n) is 16.6. The van der Waals surface area contributed by atoms with Crippen LogP contribution < -0.4 is 5.32 Å². The van der Waals surface area contributed by atoms with Crippen LogP contribution in [0.25, 0.3) is 28.0 Å². The lowest BCUT2D eigenvalue weighted by atomic mass is 10.0. The fourth-order valence-electron chi connectivity index (χ4n) is 3.34. The Morgan fingerprint density at radius 1 is 1.06 bits per heavy atom. The summed E-state index contributed by atoms with van der Waals surface area (Å²) < 4.78 is 55.1. The van der Waals surface area contributed by atoms with E-state index in [4.69, 9.17) is 23.2 Å². The second-order valence-corrected chi connectivity index (χ2v) is 7.76. The maximum absolute atomic E-state index is 13.7. The van der Waals surface area contributed by atoms with Gasteiger partial charge in [0.05, 0.1) is 22.0 Å². The first-order valence-electron chi connectivity index (χ1n) is 9.56. The summed E-state index contributed by atoms with van der Waals surface area (Å²) in [5.41, 5.74) is -1.09. The van der Waals surface area contributed by atoms with E-state index in [9.17, 15) is 22.4 Å². The molecule has 4 rings (SSSR count). The number of nitrogens with zero attached hydrogens (tertiary/aromatic N) is 3. The molecule has 33 heavy (non-hydrogen) atoms. The van der Waals surface area contributed by atoms with Crippen LogP contribution in [0.1, 0.15) is 16.1 Å². The number of nitrogens with one attached hydrogen (secondary N) is 1. The number of aromatic nitrogens is 3. The molecule has 11 heteroatoms. The number of benzene rings is 2. The minimum atomic E-state index is -4.94. The average Bonchev–Trinajstić information content (AvgIpc) is 3.15. The number of hydrogen-bond donors (Lipinski definition) is 1. The van der Waals surface area contributed by atoms with Gasteiger partial charge < -0.3 is 5.32 Å². The number of fused-ring (bicyclic) bond motifs is 1. The molecule has 0 aliphatic heterocycles. The molecule has 1 amide bonds. The number of amides is 1. The number of pyridine rings is 1. The fraction of sp³-hybridized carbons (Fsp3) is 0.136. The van der Waals surface area contributed by atoms with Crippen LogP contribution in [-0.4, -0.2) is 33.9 Å². The first-order chi connectivity index (χ1) is 15.7. The molecule has 170 valence electrons. The van der Waals surface area contributed by atoms with Crippen molar-refractivity contribution in [3.63, 3.8) is 0 Å². The Morgan fingerprint density at radius 3 is 2.39 bits per heavy atom. The van der Waals surface area contributed by atoms with E-state index >= 15 is 0 Å². The van der Waals surface area contributed by atoms with Crippen molar-refractivity contribution in [3.05, 3.63) is 75.9 Å². The van der Waals surface area contributed by atoms with Crippen LogP contribution in [0.3, 0.4) is 0 Å². The Hall–Kier alpha value is -3.17. The summed E-state index contributed by atoms with van der Waals surface area (Å²) in [5, 5.41) is 7.33. The lowest BCUT2D eigenvalue weighted by Crippen LogP contribution is -2.28. The molecule has 0 fully saturated rings. The first kappa shape index (κ1) is 23.0. The lowest BCUT2D eigenvalue weighted by molar-refractivity contribution is -0.141. The molecule has 2 aromatic carbocycles. The predicted octanol–water partition coefficient (Wildman–Crippen LogP) is 6.11. The molecule has 0 bridgehead atoms. The Morgan fingerprint density at radius 2 is 1.76 bits per heavy atom. The molecule has 0 spiro atoms. The monoisotopic (exact) mass is 496 g/mol. The molecule has 2 aromatic heterocycles. The Balaban J connectivity index is 2.06. The highest BCUT2D eigenvalue weighted by molar-refractivity contribution is 6.32. The molecule has 0 unspecified atom stereocenters. The van der Waals surface area contributed by atoms with Crippen molar-refractivity contribution < 1.29 is 22.4 Å². The van der Waals surface area contributed by atoms with Gasteiger partial charge >= 0.3 is 6.18 Å². The van der Waals surface area contributed by atoms with Crippen molar-refractivity contribution >= 4 is 40.1 Å². The van der Waals surface area contributed by atoms with Gasteiger partial charge in [-0.05, 0) is 30.3 Å². The Kier molecular flexibility index (Phi) is 6.27. The highest BCUT2D eigenvalue weighted by Crippen LogP contribution is 2.37. The van der Waals surface area contributed by atoms with Crippen LogP contribution >= 0.6 is 23.2 Å². The highest BCUT2D eigenvalue weighted by Gasteiger charge is 2.38. The number of rotatable bonds is 5. The second-order valence-electron chi connectivity index (χ2n) is 6.92. The zero-order chi connectivity index (χ0) is 23.8. The molecule has 4 aromatic rings. The highest BCUT2D eigenvalue weighted by atomic mass is 35.5. The summed E-state index contributed by atoms with van der Waals surface area (Å²) in [5.74, 6) is -1.10. The van der Waals surface area contributed by atoms with E-state index in [2.05, 4.69) is 15.4 Å². The van der Waals surface area contributed by atoms with E-state index < -0.39 is 36.6 Å². The van der Waals surface area contributed by atoms with Gasteiger partial charge in [-0.15, -0.1) is 5.10 Å². The summed E-state index contributed by atoms with van der Waals surface area (Å²) in [7, 11) is 0. The fourth-order valence-corrected chi connectivity index (χ4v) is 3.68. The molecule has 0 radical (unpaired) electrons. The number of carbonyl (C=O) groups is 1. The molecular weight excluding hydrogens is 483 g/mol. The number of alkyl halides is 4. The van der Waals surface area contributed by atoms with E-state index in [1.54, 1.807) is 48.5 Å². The SMILES string of the molecule is O=C(NCCF)c1cc2c(-c3ccc(Cl)cc3)n(-c3ccccc3Cl)nc2nc1C(F)(F)F. The minimum absolute atomic E-state index is 0.177.